The first-order valence-corrected chi connectivity index (χ1v) is 8.37. The lowest BCUT2D eigenvalue weighted by atomic mass is 10.0. The summed E-state index contributed by atoms with van der Waals surface area (Å²) in [6.45, 7) is 6.79. The molecule has 1 amide bonds. The molecule has 0 saturated heterocycles. The van der Waals surface area contributed by atoms with Crippen LogP contribution in [0.5, 0.6) is 0 Å². The molecular formula is C19H27NO3. The van der Waals surface area contributed by atoms with E-state index in [1.807, 2.05) is 51.1 Å². The maximum absolute atomic E-state index is 12.5. The minimum Gasteiger partial charge on any atom is -0.444 e. The lowest BCUT2D eigenvalue weighted by molar-refractivity contribution is -0.117. The van der Waals surface area contributed by atoms with Gasteiger partial charge in [0.05, 0.1) is 0 Å². The molecule has 2 rings (SSSR count). The first-order valence-electron chi connectivity index (χ1n) is 8.37. The molecule has 0 radical (unpaired) electrons. The van der Waals surface area contributed by atoms with Crippen LogP contribution in [0.2, 0.25) is 0 Å². The highest BCUT2D eigenvalue weighted by molar-refractivity contribution is 5.80. The van der Waals surface area contributed by atoms with E-state index in [9.17, 15) is 9.59 Å². The van der Waals surface area contributed by atoms with Gasteiger partial charge in [-0.15, -0.1) is 0 Å². The number of nitrogens with zero attached hydrogens (tertiary/aromatic N) is 1. The summed E-state index contributed by atoms with van der Waals surface area (Å²) in [5.74, 6) is 0.755. The van der Waals surface area contributed by atoms with E-state index in [0.717, 1.165) is 18.4 Å². The van der Waals surface area contributed by atoms with Crippen LogP contribution in [0.4, 0.5) is 4.79 Å². The largest absolute Gasteiger partial charge is 0.444 e. The molecule has 0 aromatic heterocycles. The van der Waals surface area contributed by atoms with Crippen molar-refractivity contribution in [2.45, 2.75) is 58.6 Å². The second-order valence-electron chi connectivity index (χ2n) is 7.32. The Kier molecular flexibility index (Phi) is 5.80. The van der Waals surface area contributed by atoms with Crippen LogP contribution in [-0.2, 0) is 16.1 Å². The van der Waals surface area contributed by atoms with Gasteiger partial charge < -0.3 is 9.64 Å². The molecule has 1 aliphatic rings. The van der Waals surface area contributed by atoms with Gasteiger partial charge in [0, 0.05) is 25.9 Å². The Morgan fingerprint density at radius 1 is 1.26 bits per heavy atom. The molecule has 1 fully saturated rings. The third kappa shape index (κ3) is 6.05. The highest BCUT2D eigenvalue weighted by atomic mass is 16.6. The van der Waals surface area contributed by atoms with Gasteiger partial charge in [0.15, 0.2) is 0 Å². The number of benzene rings is 1. The number of carbonyl (C=O) groups is 2. The van der Waals surface area contributed by atoms with Crippen molar-refractivity contribution in [3.05, 3.63) is 35.9 Å². The SMILES string of the molecule is CC(C)(C)OC(=O)N(CC[C@@H]1CCC(=O)C1)Cc1ccccc1. The zero-order valence-corrected chi connectivity index (χ0v) is 14.4. The van der Waals surface area contributed by atoms with Crippen molar-refractivity contribution in [3.63, 3.8) is 0 Å². The summed E-state index contributed by atoms with van der Waals surface area (Å²) in [6, 6.07) is 9.93. The molecule has 1 aromatic rings. The van der Waals surface area contributed by atoms with Crippen LogP contribution >= 0.6 is 0 Å². The molecular weight excluding hydrogens is 290 g/mol. The highest BCUT2D eigenvalue weighted by Gasteiger charge is 2.26. The maximum atomic E-state index is 12.5. The smallest absolute Gasteiger partial charge is 0.410 e. The third-order valence-electron chi connectivity index (χ3n) is 4.02. The molecule has 0 heterocycles. The fourth-order valence-electron chi connectivity index (χ4n) is 2.84. The van der Waals surface area contributed by atoms with Gasteiger partial charge in [-0.25, -0.2) is 4.79 Å². The third-order valence-corrected chi connectivity index (χ3v) is 4.02. The summed E-state index contributed by atoms with van der Waals surface area (Å²) in [5.41, 5.74) is 0.580. The first kappa shape index (κ1) is 17.5. The molecule has 4 heteroatoms. The Morgan fingerprint density at radius 3 is 2.52 bits per heavy atom. The molecule has 1 aliphatic carbocycles. The van der Waals surface area contributed by atoms with E-state index in [1.54, 1.807) is 4.90 Å². The summed E-state index contributed by atoms with van der Waals surface area (Å²) in [5, 5.41) is 0. The van der Waals surface area contributed by atoms with E-state index in [0.29, 0.717) is 37.6 Å². The number of ketones is 1. The Balaban J connectivity index is 1.98. The van der Waals surface area contributed by atoms with Crippen LogP contribution in [0, 0.1) is 5.92 Å². The molecule has 0 N–H and O–H groups in total. The highest BCUT2D eigenvalue weighted by Crippen LogP contribution is 2.25. The van der Waals surface area contributed by atoms with E-state index in [1.165, 1.54) is 0 Å². The molecule has 0 bridgehead atoms. The van der Waals surface area contributed by atoms with Crippen molar-refractivity contribution in [2.75, 3.05) is 6.54 Å². The Bertz CT molecular complexity index is 533. The van der Waals surface area contributed by atoms with Gasteiger partial charge in [-0.1, -0.05) is 30.3 Å². The standard InChI is InChI=1S/C19H27NO3/c1-19(2,3)23-18(22)20(14-16-7-5-4-6-8-16)12-11-15-9-10-17(21)13-15/h4-8,15H,9-14H2,1-3H3/t15-/m0/s1. The Labute approximate surface area is 138 Å². The number of hydrogen-bond acceptors (Lipinski definition) is 3. The monoisotopic (exact) mass is 317 g/mol. The van der Waals surface area contributed by atoms with Gasteiger partial charge in [0.25, 0.3) is 0 Å². The fraction of sp³-hybridized carbons (Fsp3) is 0.579. The topological polar surface area (TPSA) is 46.6 Å². The number of ether oxygens (including phenoxy) is 1. The van der Waals surface area contributed by atoms with Gasteiger partial charge in [-0.05, 0) is 45.1 Å². The number of rotatable bonds is 5. The fourth-order valence-corrected chi connectivity index (χ4v) is 2.84. The number of amides is 1. The predicted molar refractivity (Wildman–Crippen MR) is 90.1 cm³/mol. The second kappa shape index (κ2) is 7.62. The summed E-state index contributed by atoms with van der Waals surface area (Å²) in [7, 11) is 0. The molecule has 0 aliphatic heterocycles. The first-order chi connectivity index (χ1) is 10.8. The van der Waals surface area contributed by atoms with Gasteiger partial charge >= 0.3 is 6.09 Å². The van der Waals surface area contributed by atoms with Gasteiger partial charge in [-0.2, -0.15) is 0 Å². The van der Waals surface area contributed by atoms with Crippen molar-refractivity contribution >= 4 is 11.9 Å². The van der Waals surface area contributed by atoms with Crippen LogP contribution in [0.25, 0.3) is 0 Å². The van der Waals surface area contributed by atoms with Crippen LogP contribution < -0.4 is 0 Å². The molecule has 1 saturated carbocycles. The normalized spacial score (nSPS) is 18.0. The van der Waals surface area contributed by atoms with E-state index in [4.69, 9.17) is 4.74 Å². The van der Waals surface area contributed by atoms with Crippen molar-refractivity contribution in [3.8, 4) is 0 Å². The quantitative estimate of drug-likeness (QED) is 0.818. The van der Waals surface area contributed by atoms with E-state index < -0.39 is 5.60 Å². The number of Topliss-reactive ketones (excluding diaryl/α,β-unsaturated/α-hetero) is 1. The summed E-state index contributed by atoms with van der Waals surface area (Å²) >= 11 is 0. The molecule has 126 valence electrons. The molecule has 1 aromatic carbocycles. The number of carbonyl (C=O) groups excluding carboxylic acids is 2. The van der Waals surface area contributed by atoms with Crippen LogP contribution in [0.3, 0.4) is 0 Å². The molecule has 4 nitrogen and oxygen atoms in total. The summed E-state index contributed by atoms with van der Waals surface area (Å²) in [6.07, 6.45) is 2.87. The lowest BCUT2D eigenvalue weighted by Crippen LogP contribution is -2.37. The molecule has 0 spiro atoms. The summed E-state index contributed by atoms with van der Waals surface area (Å²) in [4.78, 5) is 25.6. The van der Waals surface area contributed by atoms with Crippen molar-refractivity contribution in [1.29, 1.82) is 0 Å². The van der Waals surface area contributed by atoms with Crippen molar-refractivity contribution < 1.29 is 14.3 Å². The average Bonchev–Trinajstić information content (AvgIpc) is 2.88. The van der Waals surface area contributed by atoms with E-state index in [2.05, 4.69) is 0 Å². The van der Waals surface area contributed by atoms with E-state index in [-0.39, 0.29) is 6.09 Å². The zero-order chi connectivity index (χ0) is 16.9. The minimum absolute atomic E-state index is 0.286. The predicted octanol–water partition coefficient (Wildman–Crippen LogP) is 4.18. The van der Waals surface area contributed by atoms with Crippen LogP contribution in [-0.4, -0.2) is 28.9 Å². The van der Waals surface area contributed by atoms with E-state index >= 15 is 0 Å². The molecule has 1 atom stereocenters. The van der Waals surface area contributed by atoms with Crippen LogP contribution in [0.15, 0.2) is 30.3 Å². The Morgan fingerprint density at radius 2 is 1.96 bits per heavy atom. The Hall–Kier alpha value is -1.84. The van der Waals surface area contributed by atoms with Crippen LogP contribution in [0.1, 0.15) is 52.0 Å². The van der Waals surface area contributed by atoms with Gasteiger partial charge in [-0.3, -0.25) is 4.79 Å². The zero-order valence-electron chi connectivity index (χ0n) is 14.4. The van der Waals surface area contributed by atoms with Gasteiger partial charge in [0.2, 0.25) is 0 Å². The summed E-state index contributed by atoms with van der Waals surface area (Å²) < 4.78 is 5.53. The molecule has 23 heavy (non-hydrogen) atoms. The van der Waals surface area contributed by atoms with Gasteiger partial charge in [0.1, 0.15) is 11.4 Å². The molecule has 0 unspecified atom stereocenters. The van der Waals surface area contributed by atoms with Crippen molar-refractivity contribution in [1.82, 2.24) is 4.90 Å². The average molecular weight is 317 g/mol. The number of hydrogen-bond donors (Lipinski definition) is 0. The minimum atomic E-state index is -0.505. The maximum Gasteiger partial charge on any atom is 0.410 e. The second-order valence-corrected chi connectivity index (χ2v) is 7.32. The van der Waals surface area contributed by atoms with Crippen molar-refractivity contribution in [2.24, 2.45) is 5.92 Å². The lowest BCUT2D eigenvalue weighted by Gasteiger charge is -2.28.